The molecule has 3 heterocycles. The van der Waals surface area contributed by atoms with Gasteiger partial charge in [-0.2, -0.15) is 0 Å². The van der Waals surface area contributed by atoms with Gasteiger partial charge in [-0.05, 0) is 60.9 Å². The highest BCUT2D eigenvalue weighted by atomic mass is 35.5. The summed E-state index contributed by atoms with van der Waals surface area (Å²) < 4.78 is 10.5. The molecule has 0 saturated carbocycles. The van der Waals surface area contributed by atoms with Crippen molar-refractivity contribution in [2.75, 3.05) is 18.5 Å². The minimum absolute atomic E-state index is 0.149. The zero-order valence-electron chi connectivity index (χ0n) is 18.8. The fourth-order valence-electron chi connectivity index (χ4n) is 4.13. The highest BCUT2D eigenvalue weighted by Gasteiger charge is 2.34. The minimum atomic E-state index is -0.482. The van der Waals surface area contributed by atoms with E-state index in [4.69, 9.17) is 21.1 Å². The smallest absolute Gasteiger partial charge is 0.410 e. The van der Waals surface area contributed by atoms with Crippen LogP contribution in [0, 0.1) is 0 Å². The Morgan fingerprint density at radius 3 is 2.57 bits per heavy atom. The van der Waals surface area contributed by atoms with Crippen LogP contribution in [0.25, 0.3) is 0 Å². The van der Waals surface area contributed by atoms with Crippen molar-refractivity contribution < 1.29 is 23.9 Å². The molecule has 5 rings (SSSR count). The molecule has 10 heteroatoms. The van der Waals surface area contributed by atoms with Gasteiger partial charge in [0.25, 0.3) is 5.91 Å². The van der Waals surface area contributed by atoms with Crippen molar-refractivity contribution in [3.63, 3.8) is 0 Å². The van der Waals surface area contributed by atoms with Crippen LogP contribution in [0.4, 0.5) is 9.80 Å². The first kappa shape index (κ1) is 23.2. The number of esters is 1. The molecule has 0 saturated heterocycles. The molecule has 2 aliphatic heterocycles. The first-order chi connectivity index (χ1) is 16.9. The van der Waals surface area contributed by atoms with Gasteiger partial charge in [-0.1, -0.05) is 23.7 Å². The number of carbonyl (C=O) groups excluding carboxylic acids is 3. The van der Waals surface area contributed by atoms with Crippen LogP contribution in [-0.4, -0.2) is 36.0 Å². The van der Waals surface area contributed by atoms with Gasteiger partial charge >= 0.3 is 12.1 Å². The molecule has 3 aromatic rings. The van der Waals surface area contributed by atoms with E-state index < -0.39 is 12.1 Å². The Hall–Kier alpha value is -3.56. The van der Waals surface area contributed by atoms with Crippen molar-refractivity contribution in [3.8, 4) is 5.75 Å². The summed E-state index contributed by atoms with van der Waals surface area (Å²) >= 11 is 7.35. The first-order valence-electron chi connectivity index (χ1n) is 11.1. The van der Waals surface area contributed by atoms with E-state index in [0.717, 1.165) is 21.0 Å². The fraction of sp³-hybridized carbons (Fsp3) is 0.240. The van der Waals surface area contributed by atoms with Crippen molar-refractivity contribution in [2.24, 2.45) is 0 Å². The van der Waals surface area contributed by atoms with E-state index in [1.165, 1.54) is 11.3 Å². The van der Waals surface area contributed by atoms with Crippen molar-refractivity contribution in [1.29, 1.82) is 0 Å². The molecule has 0 fully saturated rings. The van der Waals surface area contributed by atoms with Gasteiger partial charge < -0.3 is 25.0 Å². The molecule has 1 atom stereocenters. The average Bonchev–Trinajstić information content (AvgIpc) is 3.23. The second-order valence-corrected chi connectivity index (χ2v) is 9.64. The van der Waals surface area contributed by atoms with E-state index in [0.29, 0.717) is 48.0 Å². The van der Waals surface area contributed by atoms with E-state index >= 15 is 0 Å². The zero-order chi connectivity index (χ0) is 24.5. The van der Waals surface area contributed by atoms with E-state index in [9.17, 15) is 14.4 Å². The van der Waals surface area contributed by atoms with Gasteiger partial charge in [0.1, 0.15) is 16.9 Å². The molecule has 180 valence electrons. The van der Waals surface area contributed by atoms with Gasteiger partial charge in [0.15, 0.2) is 0 Å². The van der Waals surface area contributed by atoms with Crippen molar-refractivity contribution >= 4 is 45.9 Å². The van der Waals surface area contributed by atoms with E-state index in [-0.39, 0.29) is 12.0 Å². The third-order valence-electron chi connectivity index (χ3n) is 5.86. The summed E-state index contributed by atoms with van der Waals surface area (Å²) in [4.78, 5) is 40.1. The predicted octanol–water partition coefficient (Wildman–Crippen LogP) is 4.99. The molecule has 8 nitrogen and oxygen atoms in total. The summed E-state index contributed by atoms with van der Waals surface area (Å²) in [6, 6.07) is 13.4. The molecule has 0 bridgehead atoms. The van der Waals surface area contributed by atoms with Crippen molar-refractivity contribution in [2.45, 2.75) is 26.1 Å². The molecular formula is C25H22ClN3O5S. The van der Waals surface area contributed by atoms with Gasteiger partial charge in [0.2, 0.25) is 0 Å². The Kier molecular flexibility index (Phi) is 6.36. The van der Waals surface area contributed by atoms with Crippen LogP contribution in [0.2, 0.25) is 5.02 Å². The van der Waals surface area contributed by atoms with Gasteiger partial charge in [0.05, 0.1) is 24.3 Å². The standard InChI is InChI=1S/C25H22ClN3O5S/c1-2-33-25(32)29-12-11-18-19(13-29)35-23-20(18)22(30)27-21(28-23)14-5-9-17(10-6-14)34-24(31)15-3-7-16(26)8-4-15/h3-10,21,28H,2,11-13H2,1H3,(H,27,30)/t21-/m0/s1. The number of rotatable bonds is 4. The third-order valence-corrected chi connectivity index (χ3v) is 7.26. The Morgan fingerprint density at radius 2 is 1.86 bits per heavy atom. The molecule has 0 spiro atoms. The molecule has 2 aromatic carbocycles. The first-order valence-corrected chi connectivity index (χ1v) is 12.3. The second-order valence-electron chi connectivity index (χ2n) is 8.09. The zero-order valence-corrected chi connectivity index (χ0v) is 20.4. The average molecular weight is 512 g/mol. The fourth-order valence-corrected chi connectivity index (χ4v) is 5.55. The summed E-state index contributed by atoms with van der Waals surface area (Å²) in [5, 5.41) is 7.72. The molecule has 2 aliphatic rings. The lowest BCUT2D eigenvalue weighted by Crippen LogP contribution is -2.39. The van der Waals surface area contributed by atoms with E-state index in [1.807, 2.05) is 0 Å². The Bertz CT molecular complexity index is 1290. The number of halogens is 1. The highest BCUT2D eigenvalue weighted by molar-refractivity contribution is 7.16. The largest absolute Gasteiger partial charge is 0.450 e. The SMILES string of the molecule is CCOC(=O)N1CCc2c(sc3c2C(=O)N[C@H](c2ccc(OC(=O)c4ccc(Cl)cc4)cc2)N3)C1. The molecule has 1 aromatic heterocycles. The quantitative estimate of drug-likeness (QED) is 0.378. The predicted molar refractivity (Wildman–Crippen MR) is 132 cm³/mol. The summed E-state index contributed by atoms with van der Waals surface area (Å²) in [5.74, 6) is -0.240. The summed E-state index contributed by atoms with van der Waals surface area (Å²) in [7, 11) is 0. The van der Waals surface area contributed by atoms with E-state index in [1.54, 1.807) is 60.4 Å². The van der Waals surface area contributed by atoms with Gasteiger partial charge in [-0.25, -0.2) is 9.59 Å². The Labute approximate surface area is 210 Å². The number of nitrogens with zero attached hydrogens (tertiary/aromatic N) is 1. The number of benzene rings is 2. The van der Waals surface area contributed by atoms with Crippen LogP contribution in [0.5, 0.6) is 5.75 Å². The lowest BCUT2D eigenvalue weighted by Gasteiger charge is -2.28. The topological polar surface area (TPSA) is 97.0 Å². The number of fused-ring (bicyclic) bond motifs is 3. The lowest BCUT2D eigenvalue weighted by molar-refractivity contribution is 0.0734. The summed E-state index contributed by atoms with van der Waals surface area (Å²) in [6.45, 7) is 3.05. The number of nitrogens with one attached hydrogen (secondary N) is 2. The lowest BCUT2D eigenvalue weighted by atomic mass is 10.0. The molecule has 0 radical (unpaired) electrons. The monoisotopic (exact) mass is 511 g/mol. The van der Waals surface area contributed by atoms with Gasteiger partial charge in [-0.3, -0.25) is 4.79 Å². The van der Waals surface area contributed by atoms with Crippen LogP contribution >= 0.6 is 22.9 Å². The van der Waals surface area contributed by atoms with Gasteiger partial charge in [0, 0.05) is 16.4 Å². The van der Waals surface area contributed by atoms with Gasteiger partial charge in [-0.15, -0.1) is 11.3 Å². The molecule has 35 heavy (non-hydrogen) atoms. The van der Waals surface area contributed by atoms with E-state index in [2.05, 4.69) is 10.6 Å². The van der Waals surface area contributed by atoms with Crippen molar-refractivity contribution in [1.82, 2.24) is 10.2 Å². The highest BCUT2D eigenvalue weighted by Crippen LogP contribution is 2.41. The maximum Gasteiger partial charge on any atom is 0.410 e. The molecule has 2 amide bonds. The summed E-state index contributed by atoms with van der Waals surface area (Å²) in [6.07, 6.45) is -0.165. The number of hydrogen-bond acceptors (Lipinski definition) is 7. The maximum absolute atomic E-state index is 13.0. The summed E-state index contributed by atoms with van der Waals surface area (Å²) in [5.41, 5.74) is 2.85. The number of thiophene rings is 1. The number of ether oxygens (including phenoxy) is 2. The van der Waals surface area contributed by atoms with Crippen LogP contribution in [-0.2, 0) is 17.7 Å². The third kappa shape index (κ3) is 4.69. The van der Waals surface area contributed by atoms with Crippen LogP contribution in [0.1, 0.15) is 49.8 Å². The Morgan fingerprint density at radius 1 is 1.11 bits per heavy atom. The molecule has 2 N–H and O–H groups in total. The maximum atomic E-state index is 13.0. The van der Waals surface area contributed by atoms with Crippen molar-refractivity contribution in [3.05, 3.63) is 80.7 Å². The number of hydrogen-bond donors (Lipinski definition) is 2. The number of anilines is 1. The van der Waals surface area contributed by atoms with Crippen LogP contribution < -0.4 is 15.4 Å². The second kappa shape index (κ2) is 9.59. The number of carbonyl (C=O) groups is 3. The Balaban J connectivity index is 1.28. The minimum Gasteiger partial charge on any atom is -0.450 e. The number of amides is 2. The normalized spacial score (nSPS) is 16.5. The van der Waals surface area contributed by atoms with Crippen LogP contribution in [0.15, 0.2) is 48.5 Å². The molecule has 0 aliphatic carbocycles. The molecular weight excluding hydrogens is 490 g/mol. The van der Waals surface area contributed by atoms with Crippen LogP contribution in [0.3, 0.4) is 0 Å². The molecule has 0 unspecified atom stereocenters.